The van der Waals surface area contributed by atoms with E-state index in [9.17, 15) is 9.90 Å². The molecule has 0 aliphatic carbocycles. The summed E-state index contributed by atoms with van der Waals surface area (Å²) in [7, 11) is 0. The maximum atomic E-state index is 12.7. The molecule has 2 heterocycles. The first-order valence-electron chi connectivity index (χ1n) is 9.42. The van der Waals surface area contributed by atoms with E-state index >= 15 is 0 Å². The van der Waals surface area contributed by atoms with Crippen molar-refractivity contribution in [3.63, 3.8) is 0 Å². The largest absolute Gasteiger partial charge is 0.388 e. The first kappa shape index (κ1) is 18.7. The van der Waals surface area contributed by atoms with Crippen LogP contribution in [0.5, 0.6) is 0 Å². The average Bonchev–Trinajstić information content (AvgIpc) is 3.09. The van der Waals surface area contributed by atoms with Crippen LogP contribution in [0.25, 0.3) is 0 Å². The van der Waals surface area contributed by atoms with E-state index in [1.54, 1.807) is 11.8 Å². The van der Waals surface area contributed by atoms with Gasteiger partial charge in [-0.25, -0.2) is 0 Å². The number of aliphatic hydroxyl groups is 1. The van der Waals surface area contributed by atoms with Crippen molar-refractivity contribution >= 4 is 17.7 Å². The van der Waals surface area contributed by atoms with Crippen molar-refractivity contribution in [1.82, 2.24) is 9.80 Å². The zero-order valence-corrected chi connectivity index (χ0v) is 16.2. The summed E-state index contributed by atoms with van der Waals surface area (Å²) < 4.78 is 0. The number of carbonyl (C=O) groups is 1. The van der Waals surface area contributed by atoms with E-state index in [1.165, 1.54) is 18.4 Å². The summed E-state index contributed by atoms with van der Waals surface area (Å²) in [6, 6.07) is 8.32. The number of hydrogen-bond acceptors (Lipinski definition) is 4. The number of carbonyl (C=O) groups excluding carboxylic acids is 1. The third-order valence-electron chi connectivity index (χ3n) is 5.40. The Hall–Kier alpha value is -1.04. The lowest BCUT2D eigenvalue weighted by Gasteiger charge is -2.40. The third kappa shape index (κ3) is 4.99. The van der Waals surface area contributed by atoms with Crippen LogP contribution >= 0.6 is 11.8 Å². The number of piperidine rings is 1. The summed E-state index contributed by atoms with van der Waals surface area (Å²) >= 11 is 1.62. The molecule has 0 radical (unpaired) electrons. The first-order chi connectivity index (χ1) is 12.0. The summed E-state index contributed by atoms with van der Waals surface area (Å²) in [6.45, 7) is 8.37. The van der Waals surface area contributed by atoms with E-state index in [0.717, 1.165) is 24.5 Å². The van der Waals surface area contributed by atoms with Gasteiger partial charge in [0.25, 0.3) is 0 Å². The first-order valence-corrected chi connectivity index (χ1v) is 10.3. The van der Waals surface area contributed by atoms with Crippen LogP contribution in [0.3, 0.4) is 0 Å². The number of likely N-dealkylation sites (tertiary alicyclic amines) is 2. The minimum Gasteiger partial charge on any atom is -0.388 e. The lowest BCUT2D eigenvalue weighted by Crippen LogP contribution is -2.52. The lowest BCUT2D eigenvalue weighted by molar-refractivity contribution is -0.135. The standard InChI is InChI=1S/C20H30N2O2S/c1-16-5-7-18(8-6-16)25-17(2)19(23)22-13-9-20(24,10-14-22)15-21-11-3-4-12-21/h5-8,17,24H,3-4,9-15H2,1-2H3. The van der Waals surface area contributed by atoms with Crippen LogP contribution in [0, 0.1) is 6.92 Å². The van der Waals surface area contributed by atoms with Gasteiger partial charge in [-0.15, -0.1) is 11.8 Å². The van der Waals surface area contributed by atoms with Gasteiger partial charge in [-0.3, -0.25) is 4.79 Å². The molecule has 0 bridgehead atoms. The summed E-state index contributed by atoms with van der Waals surface area (Å²) in [6.07, 6.45) is 3.87. The maximum absolute atomic E-state index is 12.7. The van der Waals surface area contributed by atoms with Gasteiger partial charge in [-0.1, -0.05) is 17.7 Å². The number of benzene rings is 1. The van der Waals surface area contributed by atoms with E-state index in [4.69, 9.17) is 0 Å². The van der Waals surface area contributed by atoms with Crippen molar-refractivity contribution in [2.75, 3.05) is 32.7 Å². The summed E-state index contributed by atoms with van der Waals surface area (Å²) in [5.41, 5.74) is 0.616. The van der Waals surface area contributed by atoms with Crippen LogP contribution in [-0.2, 0) is 4.79 Å². The highest BCUT2D eigenvalue weighted by atomic mass is 32.2. The highest BCUT2D eigenvalue weighted by molar-refractivity contribution is 8.00. The van der Waals surface area contributed by atoms with Gasteiger partial charge in [0.05, 0.1) is 10.9 Å². The Balaban J connectivity index is 1.49. The molecule has 1 amide bonds. The van der Waals surface area contributed by atoms with Crippen LogP contribution in [0.4, 0.5) is 0 Å². The Bertz CT molecular complexity index is 576. The Morgan fingerprint density at radius 2 is 1.76 bits per heavy atom. The topological polar surface area (TPSA) is 43.8 Å². The number of nitrogens with zero attached hydrogens (tertiary/aromatic N) is 2. The Labute approximate surface area is 155 Å². The molecule has 0 saturated carbocycles. The molecule has 1 N–H and O–H groups in total. The minimum atomic E-state index is -0.617. The van der Waals surface area contributed by atoms with Crippen molar-refractivity contribution < 1.29 is 9.90 Å². The summed E-state index contributed by atoms with van der Waals surface area (Å²) in [4.78, 5) is 18.2. The van der Waals surface area contributed by atoms with Gasteiger partial charge >= 0.3 is 0 Å². The van der Waals surface area contributed by atoms with Gasteiger partial charge < -0.3 is 14.9 Å². The molecule has 4 nitrogen and oxygen atoms in total. The van der Waals surface area contributed by atoms with Crippen molar-refractivity contribution in [1.29, 1.82) is 0 Å². The molecule has 138 valence electrons. The highest BCUT2D eigenvalue weighted by Gasteiger charge is 2.36. The van der Waals surface area contributed by atoms with E-state index in [1.807, 2.05) is 11.8 Å². The second kappa shape index (κ2) is 8.11. The van der Waals surface area contributed by atoms with Crippen LogP contribution in [0.2, 0.25) is 0 Å². The maximum Gasteiger partial charge on any atom is 0.235 e. The molecule has 2 saturated heterocycles. The van der Waals surface area contributed by atoms with E-state index < -0.39 is 5.60 Å². The van der Waals surface area contributed by atoms with Gasteiger partial charge in [-0.05, 0) is 64.8 Å². The molecule has 2 aliphatic rings. The van der Waals surface area contributed by atoms with Crippen molar-refractivity contribution in [3.8, 4) is 0 Å². The monoisotopic (exact) mass is 362 g/mol. The fourth-order valence-corrected chi connectivity index (χ4v) is 4.74. The van der Waals surface area contributed by atoms with Crippen molar-refractivity contribution in [2.45, 2.75) is 55.3 Å². The van der Waals surface area contributed by atoms with Crippen molar-refractivity contribution in [3.05, 3.63) is 29.8 Å². The van der Waals surface area contributed by atoms with E-state index in [-0.39, 0.29) is 11.2 Å². The van der Waals surface area contributed by atoms with Gasteiger partial charge in [0.15, 0.2) is 0 Å². The molecule has 2 aliphatic heterocycles. The molecule has 1 atom stereocenters. The van der Waals surface area contributed by atoms with Gasteiger partial charge in [0, 0.05) is 24.5 Å². The molecule has 1 unspecified atom stereocenters. The molecule has 5 heteroatoms. The smallest absolute Gasteiger partial charge is 0.235 e. The number of thioether (sulfide) groups is 1. The molecule has 1 aromatic rings. The lowest BCUT2D eigenvalue weighted by atomic mass is 9.90. The minimum absolute atomic E-state index is 0.0903. The number of amides is 1. The number of β-amino-alcohol motifs (C(OH)–C–C–N with tert-alkyl or cyclic N) is 1. The zero-order chi connectivity index (χ0) is 17.9. The Morgan fingerprint density at radius 3 is 2.36 bits per heavy atom. The SMILES string of the molecule is Cc1ccc(SC(C)C(=O)N2CCC(O)(CN3CCCC3)CC2)cc1. The normalized spacial score (nSPS) is 22.1. The second-order valence-corrected chi connectivity index (χ2v) is 9.02. The number of aryl methyl sites for hydroxylation is 1. The zero-order valence-electron chi connectivity index (χ0n) is 15.4. The van der Waals surface area contributed by atoms with Gasteiger partial charge in [0.1, 0.15) is 0 Å². The van der Waals surface area contributed by atoms with E-state index in [0.29, 0.717) is 25.9 Å². The Kier molecular flexibility index (Phi) is 6.08. The third-order valence-corrected chi connectivity index (χ3v) is 6.50. The Morgan fingerprint density at radius 1 is 1.16 bits per heavy atom. The fourth-order valence-electron chi connectivity index (χ4n) is 3.79. The number of hydrogen-bond donors (Lipinski definition) is 1. The van der Waals surface area contributed by atoms with Crippen LogP contribution in [-0.4, -0.2) is 64.4 Å². The molecule has 2 fully saturated rings. The quantitative estimate of drug-likeness (QED) is 0.818. The molecule has 3 rings (SSSR count). The fraction of sp³-hybridized carbons (Fsp3) is 0.650. The van der Waals surface area contributed by atoms with E-state index in [2.05, 4.69) is 36.1 Å². The molecular formula is C20H30N2O2S. The van der Waals surface area contributed by atoms with Gasteiger partial charge in [-0.2, -0.15) is 0 Å². The van der Waals surface area contributed by atoms with Crippen LogP contribution in [0.15, 0.2) is 29.2 Å². The highest BCUT2D eigenvalue weighted by Crippen LogP contribution is 2.29. The average molecular weight is 363 g/mol. The number of rotatable bonds is 5. The van der Waals surface area contributed by atoms with Gasteiger partial charge in [0.2, 0.25) is 5.91 Å². The molecule has 0 spiro atoms. The predicted molar refractivity (Wildman–Crippen MR) is 103 cm³/mol. The predicted octanol–water partition coefficient (Wildman–Crippen LogP) is 2.92. The van der Waals surface area contributed by atoms with Crippen LogP contribution < -0.4 is 0 Å². The molecule has 25 heavy (non-hydrogen) atoms. The second-order valence-electron chi connectivity index (χ2n) is 7.61. The van der Waals surface area contributed by atoms with Crippen LogP contribution in [0.1, 0.15) is 38.2 Å². The molecule has 0 aromatic heterocycles. The molecular weight excluding hydrogens is 332 g/mol. The van der Waals surface area contributed by atoms with Crippen molar-refractivity contribution in [2.24, 2.45) is 0 Å². The summed E-state index contributed by atoms with van der Waals surface area (Å²) in [5, 5.41) is 10.8. The summed E-state index contributed by atoms with van der Waals surface area (Å²) in [5.74, 6) is 0.189. The molecule has 1 aromatic carbocycles.